The van der Waals surface area contributed by atoms with E-state index in [0.717, 1.165) is 5.56 Å². The molecule has 0 amide bonds. The smallest absolute Gasteiger partial charge is 0.141 e. The second-order valence-corrected chi connectivity index (χ2v) is 3.14. The minimum atomic E-state index is 0.115. The minimum Gasteiger partial charge on any atom is -0.409 e. The normalized spacial score (nSPS) is 14.5. The molecule has 0 aliphatic rings. The molecule has 1 aromatic rings. The number of hydrogen-bond acceptors (Lipinski definition) is 3. The molecule has 0 spiro atoms. The van der Waals surface area contributed by atoms with Crippen molar-refractivity contribution < 1.29 is 5.21 Å². The summed E-state index contributed by atoms with van der Waals surface area (Å²) >= 11 is 0. The van der Waals surface area contributed by atoms with E-state index >= 15 is 0 Å². The van der Waals surface area contributed by atoms with E-state index in [1.54, 1.807) is 10.9 Å². The van der Waals surface area contributed by atoms with Crippen molar-refractivity contribution >= 4 is 5.84 Å². The predicted octanol–water partition coefficient (Wildman–Crippen LogP) is 0.889. The second-order valence-electron chi connectivity index (χ2n) is 3.14. The standard InChI is InChI=1S/C8H14N4O/c1-6-4-10-12(5-6)7(2)3-8(9)11-13/h4-5,7,13H,3H2,1-2H3,(H2,9,11)/t7-/m0/s1. The number of aryl methyl sites for hydroxylation is 1. The number of amidine groups is 1. The lowest BCUT2D eigenvalue weighted by atomic mass is 10.2. The van der Waals surface area contributed by atoms with Crippen molar-refractivity contribution in [3.63, 3.8) is 0 Å². The Morgan fingerprint density at radius 3 is 3.00 bits per heavy atom. The molecule has 0 bridgehead atoms. The van der Waals surface area contributed by atoms with Gasteiger partial charge in [0.15, 0.2) is 0 Å². The predicted molar refractivity (Wildman–Crippen MR) is 49.7 cm³/mol. The highest BCUT2D eigenvalue weighted by Gasteiger charge is 2.07. The molecule has 0 saturated carbocycles. The van der Waals surface area contributed by atoms with E-state index in [1.165, 1.54) is 0 Å². The average Bonchev–Trinajstić information content (AvgIpc) is 2.51. The number of oxime groups is 1. The van der Waals surface area contributed by atoms with Crippen LogP contribution in [0.5, 0.6) is 0 Å². The van der Waals surface area contributed by atoms with Crippen molar-refractivity contribution in [3.8, 4) is 0 Å². The van der Waals surface area contributed by atoms with Gasteiger partial charge < -0.3 is 10.9 Å². The van der Waals surface area contributed by atoms with Crippen molar-refractivity contribution in [2.45, 2.75) is 26.3 Å². The molecular formula is C8H14N4O. The third-order valence-electron chi connectivity index (χ3n) is 1.82. The zero-order chi connectivity index (χ0) is 9.84. The van der Waals surface area contributed by atoms with Crippen LogP contribution in [0.15, 0.2) is 17.5 Å². The van der Waals surface area contributed by atoms with Gasteiger partial charge in [-0.05, 0) is 19.4 Å². The molecular weight excluding hydrogens is 168 g/mol. The summed E-state index contributed by atoms with van der Waals surface area (Å²) in [5.41, 5.74) is 6.48. The van der Waals surface area contributed by atoms with E-state index in [4.69, 9.17) is 10.9 Å². The molecule has 1 atom stereocenters. The van der Waals surface area contributed by atoms with Gasteiger partial charge in [0.1, 0.15) is 5.84 Å². The van der Waals surface area contributed by atoms with Gasteiger partial charge in [-0.3, -0.25) is 4.68 Å². The summed E-state index contributed by atoms with van der Waals surface area (Å²) in [6, 6.07) is 0.115. The zero-order valence-corrected chi connectivity index (χ0v) is 7.81. The Morgan fingerprint density at radius 2 is 2.54 bits per heavy atom. The summed E-state index contributed by atoms with van der Waals surface area (Å²) < 4.78 is 1.80. The molecule has 1 rings (SSSR count). The molecule has 5 nitrogen and oxygen atoms in total. The highest BCUT2D eigenvalue weighted by atomic mass is 16.4. The van der Waals surface area contributed by atoms with Crippen LogP contribution in [0.3, 0.4) is 0 Å². The molecule has 5 heteroatoms. The number of aromatic nitrogens is 2. The van der Waals surface area contributed by atoms with Crippen LogP contribution in [-0.2, 0) is 0 Å². The van der Waals surface area contributed by atoms with Gasteiger partial charge in [0.25, 0.3) is 0 Å². The number of nitrogens with zero attached hydrogens (tertiary/aromatic N) is 3. The minimum absolute atomic E-state index is 0.115. The summed E-state index contributed by atoms with van der Waals surface area (Å²) in [7, 11) is 0. The summed E-state index contributed by atoms with van der Waals surface area (Å²) in [5, 5.41) is 15.4. The van der Waals surface area contributed by atoms with Crippen molar-refractivity contribution in [1.29, 1.82) is 0 Å². The SMILES string of the molecule is Cc1cnn([C@@H](C)C/C(N)=N/O)c1. The lowest BCUT2D eigenvalue weighted by molar-refractivity contribution is 0.315. The van der Waals surface area contributed by atoms with Crippen molar-refractivity contribution in [2.24, 2.45) is 10.9 Å². The molecule has 1 heterocycles. The largest absolute Gasteiger partial charge is 0.409 e. The summed E-state index contributed by atoms with van der Waals surface area (Å²) in [5.74, 6) is 0.223. The van der Waals surface area contributed by atoms with Crippen LogP contribution in [0.1, 0.15) is 24.9 Å². The van der Waals surface area contributed by atoms with E-state index in [0.29, 0.717) is 6.42 Å². The zero-order valence-electron chi connectivity index (χ0n) is 7.81. The fourth-order valence-corrected chi connectivity index (χ4v) is 1.11. The van der Waals surface area contributed by atoms with Gasteiger partial charge in [-0.1, -0.05) is 5.16 Å². The maximum Gasteiger partial charge on any atom is 0.141 e. The van der Waals surface area contributed by atoms with Gasteiger partial charge in [0, 0.05) is 12.6 Å². The number of rotatable bonds is 3. The van der Waals surface area contributed by atoms with Crippen LogP contribution in [0.25, 0.3) is 0 Å². The van der Waals surface area contributed by atoms with Gasteiger partial charge in [0.2, 0.25) is 0 Å². The molecule has 0 aromatic carbocycles. The molecule has 3 N–H and O–H groups in total. The summed E-state index contributed by atoms with van der Waals surface area (Å²) in [6.07, 6.45) is 4.20. The summed E-state index contributed by atoms with van der Waals surface area (Å²) in [4.78, 5) is 0. The summed E-state index contributed by atoms with van der Waals surface area (Å²) in [6.45, 7) is 3.93. The Labute approximate surface area is 76.8 Å². The Kier molecular flexibility index (Phi) is 2.89. The van der Waals surface area contributed by atoms with E-state index in [9.17, 15) is 0 Å². The van der Waals surface area contributed by atoms with Crippen LogP contribution in [0, 0.1) is 6.92 Å². The van der Waals surface area contributed by atoms with Crippen molar-refractivity contribution in [2.75, 3.05) is 0 Å². The average molecular weight is 182 g/mol. The first-order valence-corrected chi connectivity index (χ1v) is 4.10. The van der Waals surface area contributed by atoms with Gasteiger partial charge in [0.05, 0.1) is 12.2 Å². The van der Waals surface area contributed by atoms with Gasteiger partial charge in [-0.25, -0.2) is 0 Å². The van der Waals surface area contributed by atoms with Gasteiger partial charge in [-0.15, -0.1) is 0 Å². The second kappa shape index (κ2) is 3.93. The first kappa shape index (κ1) is 9.57. The van der Waals surface area contributed by atoms with E-state index in [-0.39, 0.29) is 11.9 Å². The number of hydrogen-bond donors (Lipinski definition) is 2. The molecule has 1 aromatic heterocycles. The van der Waals surface area contributed by atoms with Crippen LogP contribution in [0.4, 0.5) is 0 Å². The highest BCUT2D eigenvalue weighted by molar-refractivity contribution is 5.79. The molecule has 13 heavy (non-hydrogen) atoms. The fourth-order valence-electron chi connectivity index (χ4n) is 1.11. The van der Waals surface area contributed by atoms with E-state index in [1.807, 2.05) is 20.0 Å². The third-order valence-corrected chi connectivity index (χ3v) is 1.82. The highest BCUT2D eigenvalue weighted by Crippen LogP contribution is 2.09. The quantitative estimate of drug-likeness (QED) is 0.315. The Bertz CT molecular complexity index is 305. The Balaban J connectivity index is 2.63. The van der Waals surface area contributed by atoms with Crippen molar-refractivity contribution in [1.82, 2.24) is 9.78 Å². The maximum atomic E-state index is 8.37. The number of nitrogens with two attached hydrogens (primary N) is 1. The van der Waals surface area contributed by atoms with Gasteiger partial charge in [-0.2, -0.15) is 5.10 Å². The van der Waals surface area contributed by atoms with Crippen LogP contribution in [0.2, 0.25) is 0 Å². The lowest BCUT2D eigenvalue weighted by Crippen LogP contribution is -2.18. The molecule has 0 unspecified atom stereocenters. The monoisotopic (exact) mass is 182 g/mol. The fraction of sp³-hybridized carbons (Fsp3) is 0.500. The molecule has 0 saturated heterocycles. The molecule has 72 valence electrons. The molecule has 0 radical (unpaired) electrons. The molecule has 0 aliphatic carbocycles. The van der Waals surface area contributed by atoms with E-state index in [2.05, 4.69) is 10.3 Å². The first-order valence-electron chi connectivity index (χ1n) is 4.10. The van der Waals surface area contributed by atoms with Crippen LogP contribution in [-0.4, -0.2) is 20.8 Å². The molecule has 0 aliphatic heterocycles. The molecule has 0 fully saturated rings. The van der Waals surface area contributed by atoms with Crippen molar-refractivity contribution in [3.05, 3.63) is 18.0 Å². The van der Waals surface area contributed by atoms with Crippen LogP contribution >= 0.6 is 0 Å². The third kappa shape index (κ3) is 2.47. The van der Waals surface area contributed by atoms with Crippen LogP contribution < -0.4 is 5.73 Å². The van der Waals surface area contributed by atoms with E-state index < -0.39 is 0 Å². The Morgan fingerprint density at radius 1 is 1.85 bits per heavy atom. The topological polar surface area (TPSA) is 76.4 Å². The lowest BCUT2D eigenvalue weighted by Gasteiger charge is -2.10. The maximum absolute atomic E-state index is 8.37. The van der Waals surface area contributed by atoms with Gasteiger partial charge >= 0.3 is 0 Å². The first-order chi connectivity index (χ1) is 6.13. The Hall–Kier alpha value is -1.52.